The Hall–Kier alpha value is -2.99. The molecule has 0 saturated heterocycles. The Morgan fingerprint density at radius 3 is 2.58 bits per heavy atom. The molecule has 0 saturated carbocycles. The van der Waals surface area contributed by atoms with Gasteiger partial charge in [0.25, 0.3) is 5.91 Å². The maximum Gasteiger partial charge on any atom is 0.258 e. The molecule has 2 aromatic carbocycles. The summed E-state index contributed by atoms with van der Waals surface area (Å²) in [7, 11) is 0. The molecule has 0 aliphatic heterocycles. The summed E-state index contributed by atoms with van der Waals surface area (Å²) in [5.74, 6) is -0.559. The highest BCUT2D eigenvalue weighted by Crippen LogP contribution is 2.14. The second-order valence-electron chi connectivity index (χ2n) is 5.54. The molecule has 26 heavy (non-hydrogen) atoms. The van der Waals surface area contributed by atoms with Crippen LogP contribution in [0.2, 0.25) is 5.02 Å². The minimum atomic E-state index is -0.499. The van der Waals surface area contributed by atoms with Crippen LogP contribution < -0.4 is 10.6 Å². The number of hydrogen-bond donors (Lipinski definition) is 2. The molecule has 7 heteroatoms. The van der Waals surface area contributed by atoms with E-state index < -0.39 is 11.7 Å². The summed E-state index contributed by atoms with van der Waals surface area (Å²) in [6, 6.07) is 13.6. The van der Waals surface area contributed by atoms with E-state index in [1.165, 1.54) is 24.5 Å². The fourth-order valence-corrected chi connectivity index (χ4v) is 2.52. The van der Waals surface area contributed by atoms with E-state index in [-0.39, 0.29) is 11.3 Å². The van der Waals surface area contributed by atoms with E-state index >= 15 is 0 Å². The number of nitrogens with one attached hydrogen (secondary N) is 2. The molecule has 1 amide bonds. The van der Waals surface area contributed by atoms with Gasteiger partial charge in [0, 0.05) is 24.0 Å². The third-order valence-electron chi connectivity index (χ3n) is 3.62. The third kappa shape index (κ3) is 4.77. The number of halogens is 2. The molecule has 3 rings (SSSR count). The zero-order valence-corrected chi connectivity index (χ0v) is 14.5. The number of carbonyl (C=O) groups is 1. The van der Waals surface area contributed by atoms with Crippen LogP contribution in [0, 0.1) is 5.82 Å². The largest absolute Gasteiger partial charge is 0.354 e. The van der Waals surface area contributed by atoms with Crippen LogP contribution in [-0.4, -0.2) is 22.4 Å². The van der Waals surface area contributed by atoms with Gasteiger partial charge in [0.15, 0.2) is 0 Å². The zero-order valence-electron chi connectivity index (χ0n) is 13.7. The first-order valence-corrected chi connectivity index (χ1v) is 8.36. The molecule has 0 unspecified atom stereocenters. The van der Waals surface area contributed by atoms with Crippen molar-refractivity contribution < 1.29 is 9.18 Å². The molecule has 0 spiro atoms. The number of aromatic nitrogens is 2. The van der Waals surface area contributed by atoms with Crippen molar-refractivity contribution >= 4 is 29.1 Å². The molecule has 0 atom stereocenters. The van der Waals surface area contributed by atoms with Crippen LogP contribution >= 0.6 is 11.6 Å². The lowest BCUT2D eigenvalue weighted by Gasteiger charge is -2.07. The predicted molar refractivity (Wildman–Crippen MR) is 100 cm³/mol. The van der Waals surface area contributed by atoms with Crippen LogP contribution in [0.5, 0.6) is 0 Å². The van der Waals surface area contributed by atoms with Crippen LogP contribution in [0.25, 0.3) is 0 Å². The van der Waals surface area contributed by atoms with Crippen molar-refractivity contribution in [2.24, 2.45) is 0 Å². The summed E-state index contributed by atoms with van der Waals surface area (Å²) >= 11 is 5.95. The zero-order chi connectivity index (χ0) is 18.4. The number of benzene rings is 2. The second kappa shape index (κ2) is 8.40. The second-order valence-corrected chi connectivity index (χ2v) is 5.97. The van der Waals surface area contributed by atoms with Gasteiger partial charge in [0.2, 0.25) is 5.95 Å². The lowest BCUT2D eigenvalue weighted by molar-refractivity contribution is 0.102. The molecule has 0 bridgehead atoms. The predicted octanol–water partition coefficient (Wildman–Crippen LogP) is 4.18. The monoisotopic (exact) mass is 370 g/mol. The number of carbonyl (C=O) groups excluding carboxylic acids is 1. The van der Waals surface area contributed by atoms with E-state index in [4.69, 9.17) is 11.6 Å². The number of anilines is 2. The van der Waals surface area contributed by atoms with Gasteiger partial charge in [0.1, 0.15) is 5.82 Å². The molecule has 3 aromatic rings. The van der Waals surface area contributed by atoms with Crippen molar-refractivity contribution in [2.45, 2.75) is 6.42 Å². The van der Waals surface area contributed by atoms with E-state index in [0.29, 0.717) is 17.5 Å². The standard InChI is InChI=1S/C19H16ClFN4O/c20-15-5-3-4-13(10-15)8-9-22-19-23-11-14(12-24-19)18(26)25-17-7-2-1-6-16(17)21/h1-7,10-12H,8-9H2,(H,25,26)(H,22,23,24). The van der Waals surface area contributed by atoms with E-state index in [0.717, 1.165) is 12.0 Å². The molecule has 0 aliphatic carbocycles. The normalized spacial score (nSPS) is 10.4. The maximum atomic E-state index is 13.6. The van der Waals surface area contributed by atoms with Crippen LogP contribution in [0.1, 0.15) is 15.9 Å². The number of hydrogen-bond acceptors (Lipinski definition) is 4. The number of rotatable bonds is 6. The van der Waals surface area contributed by atoms with Crippen LogP contribution in [0.15, 0.2) is 60.9 Å². The van der Waals surface area contributed by atoms with Gasteiger partial charge < -0.3 is 10.6 Å². The van der Waals surface area contributed by atoms with Crippen molar-refractivity contribution in [3.8, 4) is 0 Å². The lowest BCUT2D eigenvalue weighted by atomic mass is 10.1. The van der Waals surface area contributed by atoms with Crippen LogP contribution in [-0.2, 0) is 6.42 Å². The quantitative estimate of drug-likeness (QED) is 0.683. The fourth-order valence-electron chi connectivity index (χ4n) is 2.30. The minimum Gasteiger partial charge on any atom is -0.354 e. The Labute approximate surface area is 155 Å². The maximum absolute atomic E-state index is 13.6. The Bertz CT molecular complexity index is 902. The molecule has 0 aliphatic rings. The number of nitrogens with zero attached hydrogens (tertiary/aromatic N) is 2. The van der Waals surface area contributed by atoms with Gasteiger partial charge in [-0.25, -0.2) is 14.4 Å². The van der Waals surface area contributed by atoms with Crippen molar-refractivity contribution in [3.05, 3.63) is 82.9 Å². The molecule has 5 nitrogen and oxygen atoms in total. The van der Waals surface area contributed by atoms with Crippen molar-refractivity contribution in [1.29, 1.82) is 0 Å². The molecule has 2 N–H and O–H groups in total. The molecule has 1 heterocycles. The molecule has 0 fully saturated rings. The lowest BCUT2D eigenvalue weighted by Crippen LogP contribution is -2.14. The molecular weight excluding hydrogens is 355 g/mol. The highest BCUT2D eigenvalue weighted by Gasteiger charge is 2.10. The fraction of sp³-hybridized carbons (Fsp3) is 0.105. The summed E-state index contributed by atoms with van der Waals surface area (Å²) in [5.41, 5.74) is 1.46. The van der Waals surface area contributed by atoms with Gasteiger partial charge in [-0.05, 0) is 36.2 Å². The Kier molecular flexibility index (Phi) is 5.76. The summed E-state index contributed by atoms with van der Waals surface area (Å²) in [5, 5.41) is 6.27. The summed E-state index contributed by atoms with van der Waals surface area (Å²) < 4.78 is 13.6. The Morgan fingerprint density at radius 2 is 1.85 bits per heavy atom. The Balaban J connectivity index is 1.54. The third-order valence-corrected chi connectivity index (χ3v) is 3.86. The number of amides is 1. The Morgan fingerprint density at radius 1 is 1.08 bits per heavy atom. The first kappa shape index (κ1) is 17.8. The SMILES string of the molecule is O=C(Nc1ccccc1F)c1cnc(NCCc2cccc(Cl)c2)nc1. The van der Waals surface area contributed by atoms with Crippen molar-refractivity contribution in [2.75, 3.05) is 17.2 Å². The molecular formula is C19H16ClFN4O. The van der Waals surface area contributed by atoms with E-state index in [9.17, 15) is 9.18 Å². The summed E-state index contributed by atoms with van der Waals surface area (Å²) in [6.45, 7) is 0.626. The van der Waals surface area contributed by atoms with Crippen molar-refractivity contribution in [3.63, 3.8) is 0 Å². The first-order valence-electron chi connectivity index (χ1n) is 7.98. The van der Waals surface area contributed by atoms with Crippen LogP contribution in [0.4, 0.5) is 16.0 Å². The van der Waals surface area contributed by atoms with E-state index in [2.05, 4.69) is 20.6 Å². The van der Waals surface area contributed by atoms with E-state index in [1.54, 1.807) is 12.1 Å². The van der Waals surface area contributed by atoms with Crippen molar-refractivity contribution in [1.82, 2.24) is 9.97 Å². The minimum absolute atomic E-state index is 0.112. The summed E-state index contributed by atoms with van der Waals surface area (Å²) in [4.78, 5) is 20.3. The molecule has 1 aromatic heterocycles. The highest BCUT2D eigenvalue weighted by atomic mass is 35.5. The van der Waals surface area contributed by atoms with Gasteiger partial charge in [0.05, 0.1) is 11.3 Å². The topological polar surface area (TPSA) is 66.9 Å². The van der Waals surface area contributed by atoms with Crippen LogP contribution in [0.3, 0.4) is 0 Å². The molecule has 132 valence electrons. The number of para-hydroxylation sites is 1. The van der Waals surface area contributed by atoms with Gasteiger partial charge >= 0.3 is 0 Å². The first-order chi connectivity index (χ1) is 12.6. The van der Waals surface area contributed by atoms with Gasteiger partial charge in [-0.2, -0.15) is 0 Å². The average Bonchev–Trinajstić information content (AvgIpc) is 2.64. The smallest absolute Gasteiger partial charge is 0.258 e. The average molecular weight is 371 g/mol. The van der Waals surface area contributed by atoms with Gasteiger partial charge in [-0.15, -0.1) is 0 Å². The highest BCUT2D eigenvalue weighted by molar-refractivity contribution is 6.30. The summed E-state index contributed by atoms with van der Waals surface area (Å²) in [6.07, 6.45) is 3.55. The van der Waals surface area contributed by atoms with E-state index in [1.807, 2.05) is 24.3 Å². The molecule has 0 radical (unpaired) electrons. The van der Waals surface area contributed by atoms with Gasteiger partial charge in [-0.1, -0.05) is 35.9 Å². The van der Waals surface area contributed by atoms with Gasteiger partial charge in [-0.3, -0.25) is 4.79 Å².